The van der Waals surface area contributed by atoms with Crippen LogP contribution in [0.4, 0.5) is 11.4 Å². The van der Waals surface area contributed by atoms with Gasteiger partial charge in [-0.2, -0.15) is 0 Å². The van der Waals surface area contributed by atoms with Crippen LogP contribution in [-0.4, -0.2) is 25.0 Å². The lowest BCUT2D eigenvalue weighted by Crippen LogP contribution is -2.38. The van der Waals surface area contributed by atoms with Crippen molar-refractivity contribution >= 4 is 35.0 Å². The van der Waals surface area contributed by atoms with E-state index in [4.69, 9.17) is 4.74 Å². The Labute approximate surface area is 186 Å². The van der Waals surface area contributed by atoms with Crippen LogP contribution in [0.15, 0.2) is 83.8 Å². The number of hydrogen-bond donors (Lipinski definition) is 1. The predicted molar refractivity (Wildman–Crippen MR) is 125 cm³/mol. The van der Waals surface area contributed by atoms with Gasteiger partial charge in [0.15, 0.2) is 0 Å². The molecule has 1 unspecified atom stereocenters. The van der Waals surface area contributed by atoms with Gasteiger partial charge in [-0.3, -0.25) is 9.59 Å². The lowest BCUT2D eigenvalue weighted by molar-refractivity contribution is -0.121. The molecule has 158 valence electrons. The summed E-state index contributed by atoms with van der Waals surface area (Å²) >= 11 is 1.67. The lowest BCUT2D eigenvalue weighted by atomic mass is 10.1. The number of carbonyl (C=O) groups is 2. The predicted octanol–water partition coefficient (Wildman–Crippen LogP) is 5.29. The molecule has 5 nitrogen and oxygen atoms in total. The smallest absolute Gasteiger partial charge is 0.244 e. The van der Waals surface area contributed by atoms with Gasteiger partial charge in [0.1, 0.15) is 12.3 Å². The van der Waals surface area contributed by atoms with E-state index in [1.807, 2.05) is 73.7 Å². The number of fused-ring (bicyclic) bond motifs is 1. The average Bonchev–Trinajstić information content (AvgIpc) is 2.93. The molecule has 6 heteroatoms. The Bertz CT molecular complexity index is 1050. The lowest BCUT2D eigenvalue weighted by Gasteiger charge is -2.22. The van der Waals surface area contributed by atoms with E-state index in [1.54, 1.807) is 28.8 Å². The molecule has 3 aromatic carbocycles. The van der Waals surface area contributed by atoms with Crippen molar-refractivity contribution in [1.82, 2.24) is 0 Å². The molecule has 4 rings (SSSR count). The quantitative estimate of drug-likeness (QED) is 0.575. The van der Waals surface area contributed by atoms with Crippen LogP contribution in [0.3, 0.4) is 0 Å². The fraction of sp³-hybridized carbons (Fsp3) is 0.200. The summed E-state index contributed by atoms with van der Waals surface area (Å²) in [5.41, 5.74) is 2.55. The minimum Gasteiger partial charge on any atom is -0.494 e. The molecule has 1 N–H and O–H groups in total. The van der Waals surface area contributed by atoms with E-state index in [2.05, 4.69) is 5.32 Å². The summed E-state index contributed by atoms with van der Waals surface area (Å²) < 4.78 is 5.43. The van der Waals surface area contributed by atoms with Gasteiger partial charge < -0.3 is 15.0 Å². The number of thioether (sulfide) groups is 1. The molecule has 1 atom stereocenters. The Morgan fingerprint density at radius 1 is 1.03 bits per heavy atom. The summed E-state index contributed by atoms with van der Waals surface area (Å²) in [4.78, 5) is 28.5. The second-order valence-corrected chi connectivity index (χ2v) is 8.42. The highest BCUT2D eigenvalue weighted by Crippen LogP contribution is 2.45. The first-order valence-corrected chi connectivity index (χ1v) is 11.2. The Kier molecular flexibility index (Phi) is 6.57. The third-order valence-corrected chi connectivity index (χ3v) is 6.33. The van der Waals surface area contributed by atoms with Gasteiger partial charge in [-0.25, -0.2) is 0 Å². The van der Waals surface area contributed by atoms with E-state index in [0.29, 0.717) is 18.7 Å². The molecular formula is C25H24N2O3S. The second-order valence-electron chi connectivity index (χ2n) is 7.17. The Morgan fingerprint density at radius 3 is 2.48 bits per heavy atom. The molecule has 0 fully saturated rings. The summed E-state index contributed by atoms with van der Waals surface area (Å²) in [7, 11) is 0. The monoisotopic (exact) mass is 432 g/mol. The van der Waals surface area contributed by atoms with Crippen LogP contribution in [0.5, 0.6) is 5.75 Å². The number of para-hydroxylation sites is 1. The summed E-state index contributed by atoms with van der Waals surface area (Å²) in [6, 6.07) is 25.0. The van der Waals surface area contributed by atoms with Gasteiger partial charge >= 0.3 is 0 Å². The van der Waals surface area contributed by atoms with Gasteiger partial charge in [0.25, 0.3) is 0 Å². The van der Waals surface area contributed by atoms with Gasteiger partial charge in [0.2, 0.25) is 11.8 Å². The molecule has 3 aromatic rings. The fourth-order valence-corrected chi connectivity index (χ4v) is 4.83. The SMILES string of the molecule is CCOc1ccc(NC(=O)CN2C(=O)CC(c3ccccc3)Sc3ccccc32)cc1. The number of nitrogens with zero attached hydrogens (tertiary/aromatic N) is 1. The van der Waals surface area contributed by atoms with Crippen molar-refractivity contribution in [1.29, 1.82) is 0 Å². The molecular weight excluding hydrogens is 408 g/mol. The molecule has 31 heavy (non-hydrogen) atoms. The number of ether oxygens (including phenoxy) is 1. The van der Waals surface area contributed by atoms with Crippen molar-refractivity contribution in [2.24, 2.45) is 0 Å². The van der Waals surface area contributed by atoms with Crippen LogP contribution in [0.25, 0.3) is 0 Å². The fourth-order valence-electron chi connectivity index (χ4n) is 3.55. The Hall–Kier alpha value is -3.25. The second kappa shape index (κ2) is 9.71. The van der Waals surface area contributed by atoms with E-state index < -0.39 is 0 Å². The van der Waals surface area contributed by atoms with E-state index in [0.717, 1.165) is 21.9 Å². The van der Waals surface area contributed by atoms with Crippen molar-refractivity contribution in [2.75, 3.05) is 23.4 Å². The standard InChI is InChI=1S/C25H24N2O3S/c1-2-30-20-14-12-19(13-15-20)26-24(28)17-27-21-10-6-7-11-22(21)31-23(16-25(27)29)18-8-4-3-5-9-18/h3-15,23H,2,16-17H2,1H3,(H,26,28). The summed E-state index contributed by atoms with van der Waals surface area (Å²) in [5, 5.41) is 2.89. The van der Waals surface area contributed by atoms with Crippen molar-refractivity contribution in [3.63, 3.8) is 0 Å². The van der Waals surface area contributed by atoms with Crippen LogP contribution in [-0.2, 0) is 9.59 Å². The zero-order valence-corrected chi connectivity index (χ0v) is 18.1. The maximum absolute atomic E-state index is 13.2. The van der Waals surface area contributed by atoms with Crippen molar-refractivity contribution < 1.29 is 14.3 Å². The van der Waals surface area contributed by atoms with Gasteiger partial charge in [-0.15, -0.1) is 11.8 Å². The van der Waals surface area contributed by atoms with Crippen LogP contribution in [0.2, 0.25) is 0 Å². The first-order chi connectivity index (χ1) is 15.1. The molecule has 0 saturated carbocycles. The van der Waals surface area contributed by atoms with E-state index in [9.17, 15) is 9.59 Å². The summed E-state index contributed by atoms with van der Waals surface area (Å²) in [6.07, 6.45) is 0.333. The molecule has 0 aliphatic carbocycles. The molecule has 1 aliphatic rings. The van der Waals surface area contributed by atoms with Crippen molar-refractivity contribution in [3.8, 4) is 5.75 Å². The molecule has 0 radical (unpaired) electrons. The van der Waals surface area contributed by atoms with Gasteiger partial charge in [-0.1, -0.05) is 42.5 Å². The van der Waals surface area contributed by atoms with E-state index >= 15 is 0 Å². The van der Waals surface area contributed by atoms with Crippen LogP contribution in [0, 0.1) is 0 Å². The number of nitrogens with one attached hydrogen (secondary N) is 1. The number of benzene rings is 3. The van der Waals surface area contributed by atoms with Crippen molar-refractivity contribution in [2.45, 2.75) is 23.5 Å². The van der Waals surface area contributed by atoms with Crippen LogP contribution >= 0.6 is 11.8 Å². The van der Waals surface area contributed by atoms with Gasteiger partial charge in [0.05, 0.1) is 12.3 Å². The number of rotatable bonds is 6. The number of amides is 2. The highest BCUT2D eigenvalue weighted by molar-refractivity contribution is 7.99. The van der Waals surface area contributed by atoms with Gasteiger partial charge in [-0.05, 0) is 48.9 Å². The molecule has 0 aromatic heterocycles. The highest BCUT2D eigenvalue weighted by atomic mass is 32.2. The zero-order valence-electron chi connectivity index (χ0n) is 17.3. The number of hydrogen-bond acceptors (Lipinski definition) is 4. The average molecular weight is 433 g/mol. The Morgan fingerprint density at radius 2 is 1.74 bits per heavy atom. The Balaban J connectivity index is 1.52. The third kappa shape index (κ3) is 5.09. The third-order valence-electron chi connectivity index (χ3n) is 5.01. The molecule has 0 spiro atoms. The van der Waals surface area contributed by atoms with E-state index in [1.165, 1.54) is 0 Å². The summed E-state index contributed by atoms with van der Waals surface area (Å²) in [6.45, 7) is 2.47. The minimum absolute atomic E-state index is 0.00835. The number of carbonyl (C=O) groups excluding carboxylic acids is 2. The molecule has 1 heterocycles. The largest absolute Gasteiger partial charge is 0.494 e. The van der Waals surface area contributed by atoms with Gasteiger partial charge in [0, 0.05) is 22.3 Å². The highest BCUT2D eigenvalue weighted by Gasteiger charge is 2.30. The first-order valence-electron chi connectivity index (χ1n) is 10.3. The summed E-state index contributed by atoms with van der Waals surface area (Å²) in [5.74, 6) is 0.449. The maximum Gasteiger partial charge on any atom is 0.244 e. The van der Waals surface area contributed by atoms with Crippen LogP contribution in [0.1, 0.15) is 24.2 Å². The number of anilines is 2. The molecule has 0 bridgehead atoms. The van der Waals surface area contributed by atoms with E-state index in [-0.39, 0.29) is 23.6 Å². The normalized spacial score (nSPS) is 15.7. The molecule has 2 amide bonds. The van der Waals surface area contributed by atoms with Crippen molar-refractivity contribution in [3.05, 3.63) is 84.4 Å². The molecule has 0 saturated heterocycles. The topological polar surface area (TPSA) is 58.6 Å². The van der Waals surface area contributed by atoms with Crippen LogP contribution < -0.4 is 15.0 Å². The first kappa shape index (κ1) is 21.0. The maximum atomic E-state index is 13.2. The minimum atomic E-state index is -0.240. The molecule has 1 aliphatic heterocycles. The zero-order chi connectivity index (χ0) is 21.6.